The lowest BCUT2D eigenvalue weighted by Gasteiger charge is -2.27. The Morgan fingerprint density at radius 3 is 2.78 bits per heavy atom. The normalized spacial score (nSPS) is 18.8. The van der Waals surface area contributed by atoms with Gasteiger partial charge < -0.3 is 10.3 Å². The summed E-state index contributed by atoms with van der Waals surface area (Å²) in [6.45, 7) is 5.58. The molecule has 2 N–H and O–H groups in total. The molecule has 0 saturated heterocycles. The Morgan fingerprint density at radius 2 is 1.96 bits per heavy atom. The Morgan fingerprint density at radius 1 is 1.13 bits per heavy atom. The van der Waals surface area contributed by atoms with E-state index < -0.39 is 0 Å². The minimum Gasteiger partial charge on any atom is -0.357 e. The third-order valence-corrected chi connectivity index (χ3v) is 5.17. The predicted octanol–water partition coefficient (Wildman–Crippen LogP) is 4.86. The van der Waals surface area contributed by atoms with E-state index in [-0.39, 0.29) is 0 Å². The highest BCUT2D eigenvalue weighted by Crippen LogP contribution is 2.35. The molecule has 2 heteroatoms. The first-order valence-corrected chi connectivity index (χ1v) is 8.62. The van der Waals surface area contributed by atoms with Crippen LogP contribution in [-0.4, -0.2) is 11.5 Å². The van der Waals surface area contributed by atoms with Gasteiger partial charge in [0.05, 0.1) is 0 Å². The van der Waals surface area contributed by atoms with Gasteiger partial charge in [-0.05, 0) is 55.5 Å². The smallest absolute Gasteiger partial charge is 0.0481 e. The standard InChI is InChI=1S/C21H24N2/c1-14-8-9-19-18(12-14)17-10-11-22-20(21(17)23-19)13-15(2)16-6-4-3-5-7-16/h3-9,12,15,20,22-23H,10-11,13H2,1-2H3. The van der Waals surface area contributed by atoms with Crippen molar-refractivity contribution < 1.29 is 0 Å². The van der Waals surface area contributed by atoms with E-state index in [0.29, 0.717) is 12.0 Å². The van der Waals surface area contributed by atoms with Gasteiger partial charge in [0, 0.05) is 22.6 Å². The lowest BCUT2D eigenvalue weighted by atomic mass is 9.89. The number of aromatic amines is 1. The van der Waals surface area contributed by atoms with Crippen LogP contribution in [0.4, 0.5) is 0 Å². The van der Waals surface area contributed by atoms with Crippen molar-refractivity contribution in [2.75, 3.05) is 6.54 Å². The number of aryl methyl sites for hydroxylation is 1. The first-order chi connectivity index (χ1) is 11.2. The van der Waals surface area contributed by atoms with Crippen LogP contribution in [0.1, 0.15) is 47.7 Å². The average molecular weight is 304 g/mol. The number of hydrogen-bond donors (Lipinski definition) is 2. The van der Waals surface area contributed by atoms with Gasteiger partial charge in [0.15, 0.2) is 0 Å². The molecule has 0 aliphatic carbocycles. The van der Waals surface area contributed by atoms with E-state index in [2.05, 4.69) is 72.7 Å². The van der Waals surface area contributed by atoms with Crippen LogP contribution in [0.5, 0.6) is 0 Å². The summed E-state index contributed by atoms with van der Waals surface area (Å²) in [5.41, 5.74) is 6.97. The van der Waals surface area contributed by atoms with E-state index in [1.165, 1.54) is 33.3 Å². The monoisotopic (exact) mass is 304 g/mol. The van der Waals surface area contributed by atoms with Crippen LogP contribution in [0.25, 0.3) is 10.9 Å². The number of fused-ring (bicyclic) bond motifs is 3. The van der Waals surface area contributed by atoms with E-state index in [1.54, 1.807) is 0 Å². The number of H-pyrrole nitrogens is 1. The van der Waals surface area contributed by atoms with Gasteiger partial charge in [0.25, 0.3) is 0 Å². The van der Waals surface area contributed by atoms with E-state index in [0.717, 1.165) is 19.4 Å². The molecule has 0 radical (unpaired) electrons. The molecule has 1 aromatic heterocycles. The van der Waals surface area contributed by atoms with Crippen molar-refractivity contribution in [3.63, 3.8) is 0 Å². The topological polar surface area (TPSA) is 27.8 Å². The highest BCUT2D eigenvalue weighted by atomic mass is 15.0. The maximum atomic E-state index is 3.72. The zero-order valence-electron chi connectivity index (χ0n) is 13.9. The number of aromatic nitrogens is 1. The zero-order chi connectivity index (χ0) is 15.8. The fraction of sp³-hybridized carbons (Fsp3) is 0.333. The summed E-state index contributed by atoms with van der Waals surface area (Å²) in [6, 6.07) is 18.0. The molecule has 118 valence electrons. The molecule has 1 aliphatic rings. The molecular formula is C21H24N2. The molecule has 23 heavy (non-hydrogen) atoms. The van der Waals surface area contributed by atoms with Gasteiger partial charge in [-0.3, -0.25) is 0 Å². The van der Waals surface area contributed by atoms with E-state index >= 15 is 0 Å². The van der Waals surface area contributed by atoms with Gasteiger partial charge in [-0.25, -0.2) is 0 Å². The summed E-state index contributed by atoms with van der Waals surface area (Å²) < 4.78 is 0. The largest absolute Gasteiger partial charge is 0.357 e. The number of rotatable bonds is 3. The van der Waals surface area contributed by atoms with Gasteiger partial charge >= 0.3 is 0 Å². The summed E-state index contributed by atoms with van der Waals surface area (Å²) in [5, 5.41) is 5.14. The average Bonchev–Trinajstić information content (AvgIpc) is 2.95. The van der Waals surface area contributed by atoms with Gasteiger partial charge in [-0.2, -0.15) is 0 Å². The maximum Gasteiger partial charge on any atom is 0.0481 e. The zero-order valence-corrected chi connectivity index (χ0v) is 13.9. The molecule has 2 unspecified atom stereocenters. The molecule has 2 heterocycles. The predicted molar refractivity (Wildman–Crippen MR) is 97.0 cm³/mol. The molecule has 0 amide bonds. The highest BCUT2D eigenvalue weighted by Gasteiger charge is 2.25. The summed E-state index contributed by atoms with van der Waals surface area (Å²) in [4.78, 5) is 3.69. The second kappa shape index (κ2) is 5.86. The van der Waals surface area contributed by atoms with Gasteiger partial charge in [0.1, 0.15) is 0 Å². The van der Waals surface area contributed by atoms with Crippen molar-refractivity contribution in [1.29, 1.82) is 0 Å². The quantitative estimate of drug-likeness (QED) is 0.711. The highest BCUT2D eigenvalue weighted by molar-refractivity contribution is 5.85. The van der Waals surface area contributed by atoms with Gasteiger partial charge in [-0.15, -0.1) is 0 Å². The molecule has 4 rings (SSSR count). The molecular weight excluding hydrogens is 280 g/mol. The summed E-state index contributed by atoms with van der Waals surface area (Å²) in [7, 11) is 0. The fourth-order valence-electron chi connectivity index (χ4n) is 3.90. The van der Waals surface area contributed by atoms with Crippen molar-refractivity contribution >= 4 is 10.9 Å². The van der Waals surface area contributed by atoms with Crippen molar-refractivity contribution in [2.24, 2.45) is 0 Å². The van der Waals surface area contributed by atoms with Crippen molar-refractivity contribution in [3.05, 3.63) is 70.9 Å². The molecule has 2 aromatic carbocycles. The maximum absolute atomic E-state index is 3.72. The molecule has 0 fully saturated rings. The Balaban J connectivity index is 1.66. The Hall–Kier alpha value is -2.06. The number of benzene rings is 2. The lowest BCUT2D eigenvalue weighted by Crippen LogP contribution is -2.30. The SMILES string of the molecule is Cc1ccc2[nH]c3c(c2c1)CCNC3CC(C)c1ccccc1. The summed E-state index contributed by atoms with van der Waals surface area (Å²) >= 11 is 0. The Labute approximate surface area is 137 Å². The third kappa shape index (κ3) is 2.68. The van der Waals surface area contributed by atoms with Gasteiger partial charge in [0.2, 0.25) is 0 Å². The van der Waals surface area contributed by atoms with Crippen molar-refractivity contribution in [2.45, 2.75) is 38.6 Å². The first-order valence-electron chi connectivity index (χ1n) is 8.62. The van der Waals surface area contributed by atoms with E-state index in [9.17, 15) is 0 Å². The second-order valence-electron chi connectivity index (χ2n) is 6.87. The molecule has 0 saturated carbocycles. The summed E-state index contributed by atoms with van der Waals surface area (Å²) in [5.74, 6) is 0.549. The molecule has 3 aromatic rings. The van der Waals surface area contributed by atoms with Crippen LogP contribution in [0, 0.1) is 6.92 Å². The first kappa shape index (κ1) is 14.5. The Bertz CT molecular complexity index is 816. The molecule has 1 aliphatic heterocycles. The summed E-state index contributed by atoms with van der Waals surface area (Å²) in [6.07, 6.45) is 2.25. The lowest BCUT2D eigenvalue weighted by molar-refractivity contribution is 0.439. The van der Waals surface area contributed by atoms with E-state index in [1.807, 2.05) is 0 Å². The minimum absolute atomic E-state index is 0.418. The molecule has 0 bridgehead atoms. The van der Waals surface area contributed by atoms with Crippen LogP contribution < -0.4 is 5.32 Å². The molecule has 2 nitrogen and oxygen atoms in total. The minimum atomic E-state index is 0.418. The molecule has 0 spiro atoms. The molecule has 2 atom stereocenters. The van der Waals surface area contributed by atoms with Gasteiger partial charge in [-0.1, -0.05) is 48.9 Å². The third-order valence-electron chi connectivity index (χ3n) is 5.17. The Kier molecular flexibility index (Phi) is 3.70. The van der Waals surface area contributed by atoms with Crippen LogP contribution in [0.15, 0.2) is 48.5 Å². The number of hydrogen-bond acceptors (Lipinski definition) is 1. The number of nitrogens with one attached hydrogen (secondary N) is 2. The van der Waals surface area contributed by atoms with Crippen LogP contribution in [0.3, 0.4) is 0 Å². The second-order valence-corrected chi connectivity index (χ2v) is 6.87. The van der Waals surface area contributed by atoms with Crippen molar-refractivity contribution in [1.82, 2.24) is 10.3 Å². The van der Waals surface area contributed by atoms with Crippen molar-refractivity contribution in [3.8, 4) is 0 Å². The van der Waals surface area contributed by atoms with Crippen LogP contribution >= 0.6 is 0 Å². The van der Waals surface area contributed by atoms with Crippen LogP contribution in [-0.2, 0) is 6.42 Å². The van der Waals surface area contributed by atoms with Crippen LogP contribution in [0.2, 0.25) is 0 Å². The fourth-order valence-corrected chi connectivity index (χ4v) is 3.90. The van der Waals surface area contributed by atoms with E-state index in [4.69, 9.17) is 0 Å².